The summed E-state index contributed by atoms with van der Waals surface area (Å²) in [5.74, 6) is 0.245. The molecule has 0 amide bonds. The number of allylic oxidation sites excluding steroid dienone is 1. The van der Waals surface area contributed by atoms with Crippen LogP contribution in [-0.2, 0) is 11.3 Å². The number of ketones is 1. The van der Waals surface area contributed by atoms with Crippen molar-refractivity contribution in [2.24, 2.45) is 0 Å². The molecule has 0 aliphatic carbocycles. The maximum atomic E-state index is 12.3. The Bertz CT molecular complexity index is 801. The number of ether oxygens (including phenoxy) is 2. The summed E-state index contributed by atoms with van der Waals surface area (Å²) in [6.45, 7) is 0.636. The molecule has 0 saturated carbocycles. The van der Waals surface area contributed by atoms with Crippen molar-refractivity contribution >= 4 is 39.4 Å². The molecule has 4 nitrogen and oxygen atoms in total. The van der Waals surface area contributed by atoms with Crippen molar-refractivity contribution in [2.45, 2.75) is 6.61 Å². The van der Waals surface area contributed by atoms with Crippen molar-refractivity contribution in [3.05, 3.63) is 62.6 Å². The van der Waals surface area contributed by atoms with Crippen molar-refractivity contribution in [2.75, 3.05) is 6.79 Å². The summed E-state index contributed by atoms with van der Waals surface area (Å²) in [6.07, 6.45) is 3.03. The van der Waals surface area contributed by atoms with Gasteiger partial charge >= 0.3 is 0 Å². The lowest BCUT2D eigenvalue weighted by Gasteiger charge is -2.20. The average Bonchev–Trinajstić information content (AvgIpc) is 2.54. The van der Waals surface area contributed by atoms with Crippen LogP contribution in [0.2, 0.25) is 5.02 Å². The zero-order valence-corrected chi connectivity index (χ0v) is 14.2. The van der Waals surface area contributed by atoms with Gasteiger partial charge in [-0.3, -0.25) is 4.79 Å². The van der Waals surface area contributed by atoms with Gasteiger partial charge in [0.2, 0.25) is 0 Å². The average molecular weight is 396 g/mol. The number of halogens is 2. The van der Waals surface area contributed by atoms with Crippen molar-refractivity contribution in [1.82, 2.24) is 0 Å². The van der Waals surface area contributed by atoms with Crippen LogP contribution < -0.4 is 4.74 Å². The number of phenolic OH excluding ortho intramolecular Hbond substituents is 1. The first kappa shape index (κ1) is 16.1. The van der Waals surface area contributed by atoms with Gasteiger partial charge in [-0.1, -0.05) is 27.5 Å². The van der Waals surface area contributed by atoms with E-state index in [4.69, 9.17) is 21.1 Å². The van der Waals surface area contributed by atoms with Gasteiger partial charge in [-0.2, -0.15) is 0 Å². The fraction of sp³-hybridized carbons (Fsp3) is 0.118. The van der Waals surface area contributed by atoms with E-state index in [0.717, 1.165) is 15.6 Å². The predicted octanol–water partition coefficient (Wildman–Crippen LogP) is 4.57. The topological polar surface area (TPSA) is 55.8 Å². The van der Waals surface area contributed by atoms with Gasteiger partial charge in [0.05, 0.1) is 12.2 Å². The van der Waals surface area contributed by atoms with E-state index in [2.05, 4.69) is 15.9 Å². The molecule has 118 valence electrons. The van der Waals surface area contributed by atoms with Crippen LogP contribution in [-0.4, -0.2) is 17.7 Å². The second-order valence-electron chi connectivity index (χ2n) is 4.95. The highest BCUT2D eigenvalue weighted by Crippen LogP contribution is 2.33. The van der Waals surface area contributed by atoms with Gasteiger partial charge in [0, 0.05) is 20.6 Å². The number of rotatable bonds is 3. The lowest BCUT2D eigenvalue weighted by molar-refractivity contribution is -0.0165. The van der Waals surface area contributed by atoms with E-state index in [1.54, 1.807) is 6.08 Å². The van der Waals surface area contributed by atoms with E-state index >= 15 is 0 Å². The summed E-state index contributed by atoms with van der Waals surface area (Å²) in [7, 11) is 0. The monoisotopic (exact) mass is 394 g/mol. The number of phenols is 1. The first-order valence-electron chi connectivity index (χ1n) is 6.78. The maximum Gasteiger partial charge on any atom is 0.189 e. The zero-order valence-electron chi connectivity index (χ0n) is 11.9. The Hall–Kier alpha value is -1.82. The Balaban J connectivity index is 1.92. The molecule has 1 aliphatic heterocycles. The van der Waals surface area contributed by atoms with Crippen molar-refractivity contribution < 1.29 is 19.4 Å². The van der Waals surface area contributed by atoms with Crippen LogP contribution in [0.15, 0.2) is 40.9 Å². The first-order valence-corrected chi connectivity index (χ1v) is 7.95. The Morgan fingerprint density at radius 3 is 2.96 bits per heavy atom. The maximum absolute atomic E-state index is 12.3. The van der Waals surface area contributed by atoms with E-state index in [-0.39, 0.29) is 23.9 Å². The second kappa shape index (κ2) is 6.74. The highest BCUT2D eigenvalue weighted by Gasteiger charge is 2.15. The van der Waals surface area contributed by atoms with Gasteiger partial charge in [0.15, 0.2) is 12.6 Å². The van der Waals surface area contributed by atoms with Gasteiger partial charge in [0.1, 0.15) is 11.5 Å². The van der Waals surface area contributed by atoms with E-state index < -0.39 is 0 Å². The smallest absolute Gasteiger partial charge is 0.189 e. The molecule has 1 N–H and O–H groups in total. The minimum atomic E-state index is -0.342. The molecular weight excluding hydrogens is 384 g/mol. The third kappa shape index (κ3) is 3.58. The molecule has 6 heteroatoms. The molecule has 1 aliphatic rings. The number of carbonyl (C=O) groups excluding carboxylic acids is 1. The summed E-state index contributed by atoms with van der Waals surface area (Å²) >= 11 is 9.29. The van der Waals surface area contributed by atoms with E-state index in [0.29, 0.717) is 17.4 Å². The predicted molar refractivity (Wildman–Crippen MR) is 90.9 cm³/mol. The summed E-state index contributed by atoms with van der Waals surface area (Å²) < 4.78 is 11.6. The van der Waals surface area contributed by atoms with Crippen molar-refractivity contribution in [3.63, 3.8) is 0 Å². The number of aromatic hydroxyl groups is 1. The number of benzene rings is 2. The fourth-order valence-electron chi connectivity index (χ4n) is 2.29. The third-order valence-electron chi connectivity index (χ3n) is 3.34. The summed E-state index contributed by atoms with van der Waals surface area (Å²) in [4.78, 5) is 12.3. The van der Waals surface area contributed by atoms with Gasteiger partial charge in [0.25, 0.3) is 0 Å². The molecule has 0 fully saturated rings. The van der Waals surface area contributed by atoms with Crippen LogP contribution in [0.4, 0.5) is 0 Å². The molecule has 1 heterocycles. The molecule has 0 atom stereocenters. The molecule has 0 aromatic heterocycles. The molecule has 2 aromatic rings. The Kier molecular flexibility index (Phi) is 4.71. The molecule has 0 saturated heterocycles. The van der Waals surface area contributed by atoms with Crippen LogP contribution in [0.3, 0.4) is 0 Å². The SMILES string of the molecule is O=C(/C=C/c1cc(Br)cc2c1OCOC2)c1cc(Cl)ccc1O. The fourth-order valence-corrected chi connectivity index (χ4v) is 2.99. The molecule has 0 unspecified atom stereocenters. The molecule has 2 aromatic carbocycles. The zero-order chi connectivity index (χ0) is 16.4. The molecule has 0 bridgehead atoms. The van der Waals surface area contributed by atoms with Crippen LogP contribution in [0.5, 0.6) is 11.5 Å². The highest BCUT2D eigenvalue weighted by molar-refractivity contribution is 9.10. The Labute approximate surface area is 146 Å². The van der Waals surface area contributed by atoms with Crippen molar-refractivity contribution in [1.29, 1.82) is 0 Å². The normalized spacial score (nSPS) is 13.7. The number of carbonyl (C=O) groups is 1. The molecule has 23 heavy (non-hydrogen) atoms. The Morgan fingerprint density at radius 1 is 1.30 bits per heavy atom. The van der Waals surface area contributed by atoms with E-state index in [1.165, 1.54) is 24.3 Å². The molecular formula is C17H12BrClO4. The summed E-state index contributed by atoms with van der Waals surface area (Å²) in [5.41, 5.74) is 1.82. The van der Waals surface area contributed by atoms with Crippen LogP contribution in [0.25, 0.3) is 6.08 Å². The lowest BCUT2D eigenvalue weighted by Crippen LogP contribution is -2.12. The minimum Gasteiger partial charge on any atom is -0.507 e. The van der Waals surface area contributed by atoms with E-state index in [1.807, 2.05) is 12.1 Å². The molecule has 0 spiro atoms. The van der Waals surface area contributed by atoms with Gasteiger partial charge in [-0.15, -0.1) is 0 Å². The quantitative estimate of drug-likeness (QED) is 0.611. The largest absolute Gasteiger partial charge is 0.507 e. The number of hydrogen-bond donors (Lipinski definition) is 1. The highest BCUT2D eigenvalue weighted by atomic mass is 79.9. The van der Waals surface area contributed by atoms with Gasteiger partial charge < -0.3 is 14.6 Å². The first-order chi connectivity index (χ1) is 11.0. The van der Waals surface area contributed by atoms with Crippen LogP contribution >= 0.6 is 27.5 Å². The number of hydrogen-bond acceptors (Lipinski definition) is 4. The third-order valence-corrected chi connectivity index (χ3v) is 4.03. The van der Waals surface area contributed by atoms with Gasteiger partial charge in [-0.25, -0.2) is 0 Å². The molecule has 3 rings (SSSR count). The van der Waals surface area contributed by atoms with Gasteiger partial charge in [-0.05, 0) is 42.5 Å². The van der Waals surface area contributed by atoms with E-state index in [9.17, 15) is 9.90 Å². The van der Waals surface area contributed by atoms with Crippen molar-refractivity contribution in [3.8, 4) is 11.5 Å². The van der Waals surface area contributed by atoms with Crippen LogP contribution in [0.1, 0.15) is 21.5 Å². The standard InChI is InChI=1S/C17H12BrClO4/c18-12-5-10(17-11(6-12)8-22-9-23-17)1-3-15(20)14-7-13(19)2-4-16(14)21/h1-7,21H,8-9H2/b3-1+. The summed E-state index contributed by atoms with van der Waals surface area (Å²) in [5, 5.41) is 10.2. The van der Waals surface area contributed by atoms with Crippen LogP contribution in [0, 0.1) is 0 Å². The Morgan fingerprint density at radius 2 is 2.13 bits per heavy atom. The molecule has 0 radical (unpaired) electrons. The second-order valence-corrected chi connectivity index (χ2v) is 6.31. The summed E-state index contributed by atoms with van der Waals surface area (Å²) in [6, 6.07) is 8.12. The number of fused-ring (bicyclic) bond motifs is 1. The minimum absolute atomic E-state index is 0.107. The lowest BCUT2D eigenvalue weighted by atomic mass is 10.1.